The maximum absolute atomic E-state index is 12.1. The van der Waals surface area contributed by atoms with Gasteiger partial charge in [-0.2, -0.15) is 0 Å². The van der Waals surface area contributed by atoms with Crippen LogP contribution in [0.15, 0.2) is 24.3 Å². The van der Waals surface area contributed by atoms with E-state index in [-0.39, 0.29) is 11.2 Å². The Morgan fingerprint density at radius 3 is 2.70 bits per heavy atom. The van der Waals surface area contributed by atoms with E-state index >= 15 is 0 Å². The zero-order chi connectivity index (χ0) is 14.5. The lowest BCUT2D eigenvalue weighted by atomic mass is 10.3. The van der Waals surface area contributed by atoms with E-state index in [1.807, 2.05) is 19.1 Å². The second-order valence-corrected chi connectivity index (χ2v) is 7.07. The van der Waals surface area contributed by atoms with E-state index in [0.717, 1.165) is 17.4 Å². The van der Waals surface area contributed by atoms with E-state index in [9.17, 15) is 4.79 Å². The standard InChI is InChI=1S/C14H17ClN2OS2/c1-10(20-14(19)17-8-4-5-9-17)13(18)16-12-7-3-2-6-11(12)15/h2-3,6-7,10H,4-5,8-9H2,1H3,(H,16,18). The highest BCUT2D eigenvalue weighted by atomic mass is 35.5. The highest BCUT2D eigenvalue weighted by molar-refractivity contribution is 8.23. The van der Waals surface area contributed by atoms with Crippen LogP contribution in [0.4, 0.5) is 5.69 Å². The van der Waals surface area contributed by atoms with Crippen LogP contribution in [0.3, 0.4) is 0 Å². The van der Waals surface area contributed by atoms with Gasteiger partial charge in [-0.25, -0.2) is 0 Å². The Bertz CT molecular complexity index is 504. The van der Waals surface area contributed by atoms with Crippen LogP contribution in [-0.2, 0) is 4.79 Å². The summed E-state index contributed by atoms with van der Waals surface area (Å²) in [5.41, 5.74) is 0.638. The number of likely N-dealkylation sites (tertiary alicyclic amines) is 1. The summed E-state index contributed by atoms with van der Waals surface area (Å²) < 4.78 is 0.810. The van der Waals surface area contributed by atoms with Crippen molar-refractivity contribution in [1.82, 2.24) is 4.90 Å². The molecule has 0 spiro atoms. The first-order valence-corrected chi connectivity index (χ1v) is 8.25. The molecule has 1 unspecified atom stereocenters. The number of carbonyl (C=O) groups is 1. The Balaban J connectivity index is 1.88. The van der Waals surface area contributed by atoms with Crippen molar-refractivity contribution in [2.75, 3.05) is 18.4 Å². The molecule has 1 fully saturated rings. The van der Waals surface area contributed by atoms with E-state index in [2.05, 4.69) is 10.2 Å². The fourth-order valence-electron chi connectivity index (χ4n) is 1.98. The van der Waals surface area contributed by atoms with Gasteiger partial charge in [-0.1, -0.05) is 47.7 Å². The van der Waals surface area contributed by atoms with Crippen LogP contribution in [0.2, 0.25) is 5.02 Å². The number of rotatable bonds is 3. The molecule has 1 aliphatic rings. The van der Waals surface area contributed by atoms with Gasteiger partial charge in [0.15, 0.2) is 0 Å². The molecule has 1 amide bonds. The average molecular weight is 329 g/mol. The molecule has 1 N–H and O–H groups in total. The van der Waals surface area contributed by atoms with Crippen LogP contribution in [0.1, 0.15) is 19.8 Å². The number of benzene rings is 1. The molecular weight excluding hydrogens is 312 g/mol. The number of hydrogen-bond acceptors (Lipinski definition) is 3. The Labute approximate surface area is 134 Å². The zero-order valence-electron chi connectivity index (χ0n) is 11.3. The molecule has 0 radical (unpaired) electrons. The predicted octanol–water partition coefficient (Wildman–Crippen LogP) is 3.78. The molecule has 1 aromatic carbocycles. The summed E-state index contributed by atoms with van der Waals surface area (Å²) in [5.74, 6) is -0.0790. The van der Waals surface area contributed by atoms with Gasteiger partial charge in [0, 0.05) is 13.1 Å². The van der Waals surface area contributed by atoms with Crippen LogP contribution in [0.5, 0.6) is 0 Å². The first-order chi connectivity index (χ1) is 9.58. The lowest BCUT2D eigenvalue weighted by Crippen LogP contribution is -2.29. The molecule has 6 heteroatoms. The summed E-state index contributed by atoms with van der Waals surface area (Å²) in [5, 5.41) is 3.14. The molecule has 0 bridgehead atoms. The van der Waals surface area contributed by atoms with E-state index < -0.39 is 0 Å². The predicted molar refractivity (Wildman–Crippen MR) is 90.5 cm³/mol. The first-order valence-electron chi connectivity index (χ1n) is 6.59. The van der Waals surface area contributed by atoms with Crippen molar-refractivity contribution in [3.05, 3.63) is 29.3 Å². The summed E-state index contributed by atoms with van der Waals surface area (Å²) >= 11 is 12.8. The monoisotopic (exact) mass is 328 g/mol. The molecule has 3 nitrogen and oxygen atoms in total. The van der Waals surface area contributed by atoms with Gasteiger partial charge in [-0.15, -0.1) is 0 Å². The summed E-state index contributed by atoms with van der Waals surface area (Å²) in [7, 11) is 0. The second-order valence-electron chi connectivity index (χ2n) is 4.69. The summed E-state index contributed by atoms with van der Waals surface area (Å²) in [6.45, 7) is 3.87. The molecule has 1 aromatic rings. The van der Waals surface area contributed by atoms with Gasteiger partial charge < -0.3 is 10.2 Å². The molecule has 0 aliphatic carbocycles. The van der Waals surface area contributed by atoms with Gasteiger partial charge in [-0.3, -0.25) is 4.79 Å². The smallest absolute Gasteiger partial charge is 0.237 e. The summed E-state index contributed by atoms with van der Waals surface area (Å²) in [6.07, 6.45) is 2.36. The summed E-state index contributed by atoms with van der Waals surface area (Å²) in [4.78, 5) is 14.3. The van der Waals surface area contributed by atoms with Crippen molar-refractivity contribution in [3.8, 4) is 0 Å². The third-order valence-electron chi connectivity index (χ3n) is 3.14. The van der Waals surface area contributed by atoms with Gasteiger partial charge in [0.2, 0.25) is 5.91 Å². The topological polar surface area (TPSA) is 32.3 Å². The lowest BCUT2D eigenvalue weighted by Gasteiger charge is -2.20. The van der Waals surface area contributed by atoms with Crippen molar-refractivity contribution in [3.63, 3.8) is 0 Å². The van der Waals surface area contributed by atoms with Crippen molar-refractivity contribution in [2.24, 2.45) is 0 Å². The number of para-hydroxylation sites is 1. The number of halogens is 1. The van der Waals surface area contributed by atoms with Crippen molar-refractivity contribution in [1.29, 1.82) is 0 Å². The van der Waals surface area contributed by atoms with Gasteiger partial charge >= 0.3 is 0 Å². The van der Waals surface area contributed by atoms with Crippen LogP contribution < -0.4 is 5.32 Å². The normalized spacial score (nSPS) is 16.0. The van der Waals surface area contributed by atoms with E-state index in [4.69, 9.17) is 23.8 Å². The maximum Gasteiger partial charge on any atom is 0.237 e. The number of carbonyl (C=O) groups excluding carboxylic acids is 1. The fraction of sp³-hybridized carbons (Fsp3) is 0.429. The number of anilines is 1. The molecule has 1 heterocycles. The Hall–Kier alpha value is -0.780. The number of nitrogens with one attached hydrogen (secondary N) is 1. The minimum Gasteiger partial charge on any atom is -0.358 e. The maximum atomic E-state index is 12.1. The molecule has 108 valence electrons. The largest absolute Gasteiger partial charge is 0.358 e. The molecule has 1 atom stereocenters. The zero-order valence-corrected chi connectivity index (χ0v) is 13.7. The molecule has 2 rings (SSSR count). The Morgan fingerprint density at radius 2 is 2.05 bits per heavy atom. The molecule has 0 saturated carbocycles. The van der Waals surface area contributed by atoms with Gasteiger partial charge in [-0.05, 0) is 31.9 Å². The molecule has 20 heavy (non-hydrogen) atoms. The molecule has 1 saturated heterocycles. The SMILES string of the molecule is CC(SC(=S)N1CCCC1)C(=O)Nc1ccccc1Cl. The minimum atomic E-state index is -0.237. The summed E-state index contributed by atoms with van der Waals surface area (Å²) in [6, 6.07) is 7.22. The highest BCUT2D eigenvalue weighted by Gasteiger charge is 2.21. The van der Waals surface area contributed by atoms with Crippen molar-refractivity contribution in [2.45, 2.75) is 25.0 Å². The fourth-order valence-corrected chi connectivity index (χ4v) is 3.57. The lowest BCUT2D eigenvalue weighted by molar-refractivity contribution is -0.115. The first kappa shape index (κ1) is 15.6. The second kappa shape index (κ2) is 7.29. The van der Waals surface area contributed by atoms with E-state index in [1.165, 1.54) is 24.6 Å². The van der Waals surface area contributed by atoms with Crippen LogP contribution in [0.25, 0.3) is 0 Å². The highest BCUT2D eigenvalue weighted by Crippen LogP contribution is 2.24. The minimum absolute atomic E-state index is 0.0790. The Morgan fingerprint density at radius 1 is 1.40 bits per heavy atom. The third kappa shape index (κ3) is 4.11. The van der Waals surface area contributed by atoms with Crippen LogP contribution in [-0.4, -0.2) is 33.5 Å². The number of thiocarbonyl (C=S) groups is 1. The van der Waals surface area contributed by atoms with Crippen molar-refractivity contribution >= 4 is 51.5 Å². The van der Waals surface area contributed by atoms with E-state index in [0.29, 0.717) is 10.7 Å². The number of amides is 1. The van der Waals surface area contributed by atoms with Crippen LogP contribution in [0, 0.1) is 0 Å². The van der Waals surface area contributed by atoms with Crippen molar-refractivity contribution < 1.29 is 4.79 Å². The van der Waals surface area contributed by atoms with Gasteiger partial charge in [0.05, 0.1) is 16.0 Å². The van der Waals surface area contributed by atoms with Crippen LogP contribution >= 0.6 is 35.6 Å². The third-order valence-corrected chi connectivity index (χ3v) is 5.05. The quantitative estimate of drug-likeness (QED) is 0.856. The number of thioether (sulfide) groups is 1. The number of hydrogen-bond donors (Lipinski definition) is 1. The van der Waals surface area contributed by atoms with Gasteiger partial charge in [0.1, 0.15) is 4.32 Å². The Kier molecular flexibility index (Phi) is 5.69. The molecule has 1 aliphatic heterocycles. The van der Waals surface area contributed by atoms with E-state index in [1.54, 1.807) is 12.1 Å². The molecular formula is C14H17ClN2OS2. The van der Waals surface area contributed by atoms with Gasteiger partial charge in [0.25, 0.3) is 0 Å². The number of nitrogens with zero attached hydrogens (tertiary/aromatic N) is 1. The molecule has 0 aromatic heterocycles. The average Bonchev–Trinajstić information content (AvgIpc) is 2.95.